The van der Waals surface area contributed by atoms with Crippen LogP contribution in [0.4, 0.5) is 0 Å². The number of hydrogen-bond acceptors (Lipinski definition) is 3. The van der Waals surface area contributed by atoms with Gasteiger partial charge in [0.1, 0.15) is 0 Å². The van der Waals surface area contributed by atoms with Crippen LogP contribution in [0.2, 0.25) is 0 Å². The average Bonchev–Trinajstić information content (AvgIpc) is 2.45. The molecule has 1 rings (SSSR count). The monoisotopic (exact) mass is 199 g/mol. The van der Waals surface area contributed by atoms with Gasteiger partial charge >= 0.3 is 0 Å². The van der Waals surface area contributed by atoms with E-state index in [0.29, 0.717) is 6.54 Å². The summed E-state index contributed by atoms with van der Waals surface area (Å²) in [7, 11) is 0. The van der Waals surface area contributed by atoms with Crippen molar-refractivity contribution in [1.82, 2.24) is 10.3 Å². The number of nitrogens with two attached hydrogens (primary N) is 1. The lowest BCUT2D eigenvalue weighted by molar-refractivity contribution is -0.132. The largest absolute Gasteiger partial charge is 0.337 e. The number of nitrogens with zero attached hydrogens (tertiary/aromatic N) is 1. The molecular weight excluding hydrogens is 182 g/mol. The molecule has 3 N–H and O–H groups in total. The summed E-state index contributed by atoms with van der Waals surface area (Å²) in [5, 5.41) is 0. The molecule has 0 aromatic carbocycles. The highest BCUT2D eigenvalue weighted by atomic mass is 16.2. The predicted molar refractivity (Wildman–Crippen MR) is 51.9 cm³/mol. The van der Waals surface area contributed by atoms with Crippen molar-refractivity contribution in [2.45, 2.75) is 32.7 Å². The molecule has 2 amide bonds. The molecule has 0 aromatic rings. The maximum atomic E-state index is 11.6. The van der Waals surface area contributed by atoms with E-state index in [1.54, 1.807) is 4.90 Å². The third-order valence-corrected chi connectivity index (χ3v) is 2.45. The van der Waals surface area contributed by atoms with Crippen molar-refractivity contribution in [3.05, 3.63) is 0 Å². The van der Waals surface area contributed by atoms with Gasteiger partial charge in [-0.05, 0) is 20.8 Å². The first-order chi connectivity index (χ1) is 6.36. The van der Waals surface area contributed by atoms with Gasteiger partial charge in [0.05, 0.1) is 5.92 Å². The van der Waals surface area contributed by atoms with E-state index in [2.05, 4.69) is 5.43 Å². The van der Waals surface area contributed by atoms with Gasteiger partial charge in [0, 0.05) is 18.5 Å². The second-order valence-corrected chi connectivity index (χ2v) is 4.58. The molecule has 0 spiro atoms. The molecule has 14 heavy (non-hydrogen) atoms. The molecule has 0 saturated carbocycles. The quantitative estimate of drug-likeness (QED) is 0.343. The van der Waals surface area contributed by atoms with Crippen molar-refractivity contribution in [3.8, 4) is 0 Å². The topological polar surface area (TPSA) is 75.4 Å². The third-order valence-electron chi connectivity index (χ3n) is 2.45. The molecule has 1 saturated heterocycles. The van der Waals surface area contributed by atoms with Crippen molar-refractivity contribution in [3.63, 3.8) is 0 Å². The van der Waals surface area contributed by atoms with Crippen LogP contribution in [-0.2, 0) is 9.59 Å². The second-order valence-electron chi connectivity index (χ2n) is 4.58. The highest BCUT2D eigenvalue weighted by Crippen LogP contribution is 2.25. The van der Waals surface area contributed by atoms with Crippen LogP contribution in [-0.4, -0.2) is 28.8 Å². The second kappa shape index (κ2) is 3.57. The fourth-order valence-corrected chi connectivity index (χ4v) is 1.65. The number of carbonyl (C=O) groups is 2. The summed E-state index contributed by atoms with van der Waals surface area (Å²) in [6, 6.07) is 0. The highest BCUT2D eigenvalue weighted by molar-refractivity contribution is 5.89. The standard InChI is InChI=1S/C9H17N3O2/c1-9(2,3)12-5-6(4-7(12)13)8(14)11-10/h6H,4-5,10H2,1-3H3,(H,11,14)/t6-/m0/s1. The molecule has 1 aliphatic rings. The molecular formula is C9H17N3O2. The summed E-state index contributed by atoms with van der Waals surface area (Å²) >= 11 is 0. The lowest BCUT2D eigenvalue weighted by atomic mass is 10.1. The van der Waals surface area contributed by atoms with Gasteiger partial charge in [-0.25, -0.2) is 5.84 Å². The highest BCUT2D eigenvalue weighted by Gasteiger charge is 2.39. The molecule has 0 bridgehead atoms. The van der Waals surface area contributed by atoms with E-state index in [9.17, 15) is 9.59 Å². The summed E-state index contributed by atoms with van der Waals surface area (Å²) in [5.41, 5.74) is 1.86. The Morgan fingerprint density at radius 2 is 2.14 bits per heavy atom. The first-order valence-corrected chi connectivity index (χ1v) is 4.67. The minimum absolute atomic E-state index is 0.0195. The van der Waals surface area contributed by atoms with Crippen LogP contribution in [0.15, 0.2) is 0 Å². The third kappa shape index (κ3) is 2.04. The van der Waals surface area contributed by atoms with E-state index >= 15 is 0 Å². The first-order valence-electron chi connectivity index (χ1n) is 4.67. The SMILES string of the molecule is CC(C)(C)N1C[C@@H](C(=O)NN)CC1=O. The van der Waals surface area contributed by atoms with Crippen molar-refractivity contribution < 1.29 is 9.59 Å². The van der Waals surface area contributed by atoms with Gasteiger partial charge < -0.3 is 4.90 Å². The predicted octanol–water partition coefficient (Wildman–Crippen LogP) is -0.377. The Morgan fingerprint density at radius 3 is 2.50 bits per heavy atom. The van der Waals surface area contributed by atoms with Crippen LogP contribution in [0, 0.1) is 5.92 Å². The Labute approximate surface area is 83.6 Å². The van der Waals surface area contributed by atoms with Gasteiger partial charge in [0.25, 0.3) is 0 Å². The Morgan fingerprint density at radius 1 is 1.57 bits per heavy atom. The molecule has 0 aliphatic carbocycles. The Bertz CT molecular complexity index is 257. The molecule has 0 radical (unpaired) electrons. The number of carbonyl (C=O) groups excluding carboxylic acids is 2. The van der Waals surface area contributed by atoms with Crippen molar-refractivity contribution in [2.75, 3.05) is 6.54 Å². The summed E-state index contributed by atoms with van der Waals surface area (Å²) in [4.78, 5) is 24.5. The summed E-state index contributed by atoms with van der Waals surface area (Å²) in [6.07, 6.45) is 0.264. The number of nitrogens with one attached hydrogen (secondary N) is 1. The number of hydrazine groups is 1. The van der Waals surface area contributed by atoms with E-state index < -0.39 is 0 Å². The Balaban J connectivity index is 2.70. The molecule has 80 valence electrons. The Hall–Kier alpha value is -1.10. The van der Waals surface area contributed by atoms with Gasteiger partial charge in [0.2, 0.25) is 11.8 Å². The van der Waals surface area contributed by atoms with Crippen molar-refractivity contribution >= 4 is 11.8 Å². The molecule has 5 heteroatoms. The molecule has 1 fully saturated rings. The lowest BCUT2D eigenvalue weighted by Gasteiger charge is -2.31. The molecule has 1 aliphatic heterocycles. The van der Waals surface area contributed by atoms with Crippen LogP contribution < -0.4 is 11.3 Å². The van der Waals surface area contributed by atoms with Gasteiger partial charge in [-0.15, -0.1) is 0 Å². The maximum Gasteiger partial charge on any atom is 0.239 e. The van der Waals surface area contributed by atoms with Crippen LogP contribution >= 0.6 is 0 Å². The molecule has 0 unspecified atom stereocenters. The van der Waals surface area contributed by atoms with Crippen LogP contribution in [0.25, 0.3) is 0 Å². The van der Waals surface area contributed by atoms with Gasteiger partial charge in [0.15, 0.2) is 0 Å². The Kier molecular flexibility index (Phi) is 2.80. The zero-order valence-corrected chi connectivity index (χ0v) is 8.83. The van der Waals surface area contributed by atoms with Crippen molar-refractivity contribution in [2.24, 2.45) is 11.8 Å². The van der Waals surface area contributed by atoms with E-state index in [-0.39, 0.29) is 29.7 Å². The molecule has 1 heterocycles. The number of amides is 2. The van der Waals surface area contributed by atoms with Crippen LogP contribution in [0.3, 0.4) is 0 Å². The van der Waals surface area contributed by atoms with Gasteiger partial charge in [-0.2, -0.15) is 0 Å². The minimum atomic E-state index is -0.299. The summed E-state index contributed by atoms with van der Waals surface area (Å²) < 4.78 is 0. The molecule has 0 aromatic heterocycles. The van der Waals surface area contributed by atoms with Crippen LogP contribution in [0.5, 0.6) is 0 Å². The number of likely N-dealkylation sites (tertiary alicyclic amines) is 1. The minimum Gasteiger partial charge on any atom is -0.337 e. The maximum absolute atomic E-state index is 11.6. The van der Waals surface area contributed by atoms with Gasteiger partial charge in [-0.3, -0.25) is 15.0 Å². The van der Waals surface area contributed by atoms with E-state index in [1.807, 2.05) is 20.8 Å². The van der Waals surface area contributed by atoms with E-state index in [4.69, 9.17) is 5.84 Å². The van der Waals surface area contributed by atoms with E-state index in [1.165, 1.54) is 0 Å². The zero-order valence-electron chi connectivity index (χ0n) is 8.83. The number of rotatable bonds is 1. The normalized spacial score (nSPS) is 22.7. The lowest BCUT2D eigenvalue weighted by Crippen LogP contribution is -2.43. The summed E-state index contributed by atoms with van der Waals surface area (Å²) in [6.45, 7) is 6.32. The van der Waals surface area contributed by atoms with Crippen LogP contribution in [0.1, 0.15) is 27.2 Å². The summed E-state index contributed by atoms with van der Waals surface area (Å²) in [5.74, 6) is 4.48. The fourth-order valence-electron chi connectivity index (χ4n) is 1.65. The number of hydrogen-bond donors (Lipinski definition) is 2. The van der Waals surface area contributed by atoms with Gasteiger partial charge in [-0.1, -0.05) is 0 Å². The first kappa shape index (κ1) is 11.0. The molecule has 5 nitrogen and oxygen atoms in total. The molecule has 1 atom stereocenters. The average molecular weight is 199 g/mol. The fraction of sp³-hybridized carbons (Fsp3) is 0.778. The smallest absolute Gasteiger partial charge is 0.239 e. The van der Waals surface area contributed by atoms with E-state index in [0.717, 1.165) is 0 Å². The zero-order chi connectivity index (χ0) is 10.9. The van der Waals surface area contributed by atoms with Crippen molar-refractivity contribution in [1.29, 1.82) is 0 Å².